The van der Waals surface area contributed by atoms with Gasteiger partial charge in [-0.15, -0.1) is 0 Å². The molecule has 154 valence electrons. The van der Waals surface area contributed by atoms with Gasteiger partial charge >= 0.3 is 0 Å². The fraction of sp³-hybridized carbons (Fsp3) is 0.368. The van der Waals surface area contributed by atoms with E-state index in [4.69, 9.17) is 10.5 Å². The van der Waals surface area contributed by atoms with Crippen LogP contribution in [0.4, 0.5) is 16.0 Å². The van der Waals surface area contributed by atoms with Crippen molar-refractivity contribution in [2.45, 2.75) is 42.8 Å². The van der Waals surface area contributed by atoms with E-state index in [9.17, 15) is 12.8 Å². The molecule has 2 atom stereocenters. The molecule has 2 unspecified atom stereocenters. The Hall–Kier alpha value is -2.72. The average Bonchev–Trinajstić information content (AvgIpc) is 2.96. The third-order valence-corrected chi connectivity index (χ3v) is 6.70. The first-order valence-electron chi connectivity index (χ1n) is 9.24. The van der Waals surface area contributed by atoms with E-state index in [1.807, 2.05) is 18.7 Å². The Balaban J connectivity index is 1.94. The molecule has 4 rings (SSSR count). The van der Waals surface area contributed by atoms with Gasteiger partial charge in [0.2, 0.25) is 9.84 Å². The number of hydrogen-bond acceptors (Lipinski definition) is 7. The number of aromatic nitrogens is 3. The van der Waals surface area contributed by atoms with Crippen molar-refractivity contribution >= 4 is 32.5 Å². The topological polar surface area (TPSA) is 114 Å². The summed E-state index contributed by atoms with van der Waals surface area (Å²) in [5, 5.41) is 0. The first-order chi connectivity index (χ1) is 13.7. The van der Waals surface area contributed by atoms with Crippen LogP contribution in [0, 0.1) is 12.7 Å². The lowest BCUT2D eigenvalue weighted by Crippen LogP contribution is -2.46. The summed E-state index contributed by atoms with van der Waals surface area (Å²) in [4.78, 5) is 13.1. The maximum Gasteiger partial charge on any atom is 0.215 e. The van der Waals surface area contributed by atoms with Crippen LogP contribution in [-0.4, -0.2) is 48.7 Å². The van der Waals surface area contributed by atoms with Gasteiger partial charge in [0.15, 0.2) is 5.82 Å². The minimum atomic E-state index is -4.23. The van der Waals surface area contributed by atoms with E-state index in [2.05, 4.69) is 15.0 Å². The molecule has 0 spiro atoms. The van der Waals surface area contributed by atoms with E-state index in [0.29, 0.717) is 30.2 Å². The molecule has 2 aromatic heterocycles. The second kappa shape index (κ2) is 6.96. The molecule has 1 aromatic carbocycles. The number of aryl methyl sites for hydroxylation is 1. The summed E-state index contributed by atoms with van der Waals surface area (Å²) in [6.45, 7) is 6.78. The lowest BCUT2D eigenvalue weighted by atomic mass is 10.2. The van der Waals surface area contributed by atoms with Crippen molar-refractivity contribution in [2.24, 2.45) is 0 Å². The molecule has 0 amide bonds. The summed E-state index contributed by atoms with van der Waals surface area (Å²) in [5.41, 5.74) is 6.62. The van der Waals surface area contributed by atoms with Crippen molar-refractivity contribution in [1.82, 2.24) is 15.0 Å². The fourth-order valence-electron chi connectivity index (χ4n) is 3.78. The van der Waals surface area contributed by atoms with Crippen molar-refractivity contribution < 1.29 is 17.5 Å². The van der Waals surface area contributed by atoms with Crippen LogP contribution in [-0.2, 0) is 14.6 Å². The molecule has 0 radical (unpaired) electrons. The van der Waals surface area contributed by atoms with Crippen molar-refractivity contribution in [3.05, 3.63) is 35.9 Å². The van der Waals surface area contributed by atoms with E-state index in [1.54, 1.807) is 6.92 Å². The number of H-pyrrole nitrogens is 1. The maximum absolute atomic E-state index is 14.3. The summed E-state index contributed by atoms with van der Waals surface area (Å²) in [7, 11) is -4.23. The molecule has 0 bridgehead atoms. The number of nitrogens with zero attached hydrogens (tertiary/aromatic N) is 3. The Morgan fingerprint density at radius 1 is 1.21 bits per heavy atom. The SMILES string of the molecule is Cc1nc(N2CC(C)OC(C)C2)c2[nH]c(N)c(S(=O)(=O)c3ccccc3F)c2n1. The minimum absolute atomic E-state index is 0.0157. The number of fused-ring (bicyclic) bond motifs is 1. The van der Waals surface area contributed by atoms with Crippen molar-refractivity contribution in [3.63, 3.8) is 0 Å². The minimum Gasteiger partial charge on any atom is -0.384 e. The van der Waals surface area contributed by atoms with Crippen LogP contribution in [0.5, 0.6) is 0 Å². The number of rotatable bonds is 3. The number of benzene rings is 1. The van der Waals surface area contributed by atoms with Gasteiger partial charge < -0.3 is 20.4 Å². The normalized spacial score (nSPS) is 20.3. The lowest BCUT2D eigenvalue weighted by molar-refractivity contribution is -0.00539. The number of nitrogen functional groups attached to an aromatic ring is 1. The highest BCUT2D eigenvalue weighted by molar-refractivity contribution is 7.92. The summed E-state index contributed by atoms with van der Waals surface area (Å²) < 4.78 is 46.5. The largest absolute Gasteiger partial charge is 0.384 e. The zero-order chi connectivity index (χ0) is 20.9. The molecular formula is C19H22FN5O3S. The van der Waals surface area contributed by atoms with Crippen LogP contribution in [0.25, 0.3) is 11.0 Å². The Bertz CT molecular complexity index is 1180. The predicted molar refractivity (Wildman–Crippen MR) is 107 cm³/mol. The van der Waals surface area contributed by atoms with Crippen LogP contribution in [0.1, 0.15) is 19.7 Å². The van der Waals surface area contributed by atoms with Gasteiger partial charge in [0.1, 0.15) is 38.3 Å². The third kappa shape index (κ3) is 3.32. The number of halogens is 1. The third-order valence-electron chi connectivity index (χ3n) is 4.84. The predicted octanol–water partition coefficient (Wildman–Crippen LogP) is 2.43. The smallest absolute Gasteiger partial charge is 0.215 e. The lowest BCUT2D eigenvalue weighted by Gasteiger charge is -2.36. The molecule has 0 aliphatic carbocycles. The highest BCUT2D eigenvalue weighted by Gasteiger charge is 2.32. The Morgan fingerprint density at radius 2 is 1.86 bits per heavy atom. The number of ether oxygens (including phenoxy) is 1. The van der Waals surface area contributed by atoms with E-state index in [-0.39, 0.29) is 28.4 Å². The summed E-state index contributed by atoms with van der Waals surface area (Å²) in [5.74, 6) is 0.00121. The molecule has 0 saturated carbocycles. The van der Waals surface area contributed by atoms with Gasteiger partial charge in [-0.05, 0) is 32.9 Å². The molecule has 1 aliphatic heterocycles. The van der Waals surface area contributed by atoms with Crippen LogP contribution in [0.2, 0.25) is 0 Å². The van der Waals surface area contributed by atoms with E-state index in [0.717, 1.165) is 6.07 Å². The van der Waals surface area contributed by atoms with Crippen LogP contribution >= 0.6 is 0 Å². The van der Waals surface area contributed by atoms with Crippen molar-refractivity contribution in [3.8, 4) is 0 Å². The van der Waals surface area contributed by atoms with Gasteiger partial charge in [0, 0.05) is 13.1 Å². The van der Waals surface area contributed by atoms with Gasteiger partial charge in [0.05, 0.1) is 12.2 Å². The number of hydrogen-bond donors (Lipinski definition) is 2. The molecular weight excluding hydrogens is 397 g/mol. The van der Waals surface area contributed by atoms with Gasteiger partial charge in [-0.25, -0.2) is 22.8 Å². The molecule has 1 aliphatic rings. The second-order valence-corrected chi connectivity index (χ2v) is 9.14. The molecule has 8 nitrogen and oxygen atoms in total. The molecule has 1 fully saturated rings. The molecule has 29 heavy (non-hydrogen) atoms. The van der Waals surface area contributed by atoms with Gasteiger partial charge in [-0.3, -0.25) is 0 Å². The van der Waals surface area contributed by atoms with Gasteiger partial charge in [-0.2, -0.15) is 0 Å². The highest BCUT2D eigenvalue weighted by Crippen LogP contribution is 2.36. The fourth-order valence-corrected chi connectivity index (χ4v) is 5.33. The van der Waals surface area contributed by atoms with Crippen LogP contribution in [0.15, 0.2) is 34.1 Å². The van der Waals surface area contributed by atoms with Crippen molar-refractivity contribution in [1.29, 1.82) is 0 Å². The maximum atomic E-state index is 14.3. The Morgan fingerprint density at radius 3 is 2.52 bits per heavy atom. The number of aromatic amines is 1. The number of nitrogens with one attached hydrogen (secondary N) is 1. The Labute approximate surface area is 167 Å². The first kappa shape index (κ1) is 19.6. The first-order valence-corrected chi connectivity index (χ1v) is 10.7. The van der Waals surface area contributed by atoms with Gasteiger partial charge in [-0.1, -0.05) is 12.1 Å². The van der Waals surface area contributed by atoms with Crippen LogP contribution in [0.3, 0.4) is 0 Å². The number of nitrogens with two attached hydrogens (primary N) is 1. The van der Waals surface area contributed by atoms with Crippen LogP contribution < -0.4 is 10.6 Å². The van der Waals surface area contributed by atoms with E-state index < -0.39 is 20.5 Å². The van der Waals surface area contributed by atoms with E-state index in [1.165, 1.54) is 18.2 Å². The number of anilines is 2. The molecule has 10 heteroatoms. The highest BCUT2D eigenvalue weighted by atomic mass is 32.2. The summed E-state index contributed by atoms with van der Waals surface area (Å²) in [6.07, 6.45) is -0.0315. The zero-order valence-corrected chi connectivity index (χ0v) is 17.1. The molecule has 3 N–H and O–H groups in total. The quantitative estimate of drug-likeness (QED) is 0.670. The summed E-state index contributed by atoms with van der Waals surface area (Å²) in [6, 6.07) is 5.20. The van der Waals surface area contributed by atoms with Crippen molar-refractivity contribution in [2.75, 3.05) is 23.7 Å². The monoisotopic (exact) mass is 419 g/mol. The molecule has 3 aromatic rings. The number of sulfone groups is 1. The molecule has 1 saturated heterocycles. The average molecular weight is 419 g/mol. The zero-order valence-electron chi connectivity index (χ0n) is 16.3. The van der Waals surface area contributed by atoms with E-state index >= 15 is 0 Å². The number of morpholine rings is 1. The standard InChI is InChI=1S/C19H22FN5O3S/c1-10-8-25(9-11(2)28-10)19-16-15(22-12(3)23-19)17(18(21)24-16)29(26,27)14-7-5-4-6-13(14)20/h4-7,10-11,24H,8-9,21H2,1-3H3. The Kier molecular flexibility index (Phi) is 4.70. The summed E-state index contributed by atoms with van der Waals surface area (Å²) >= 11 is 0. The second-order valence-electron chi connectivity index (χ2n) is 7.28. The molecule has 3 heterocycles. The van der Waals surface area contributed by atoms with Gasteiger partial charge in [0.25, 0.3) is 0 Å².